The van der Waals surface area contributed by atoms with E-state index in [0.717, 1.165) is 17.5 Å². The predicted molar refractivity (Wildman–Crippen MR) is 107 cm³/mol. The monoisotopic (exact) mass is 377 g/mol. The SMILES string of the molecule is CCc1ccc(C#Cc2ccc(C(=O)N(C)C(NC=O)C(=O)NC)cc2)cc1. The van der Waals surface area contributed by atoms with E-state index in [0.29, 0.717) is 12.0 Å². The number of nitrogens with zero attached hydrogens (tertiary/aromatic N) is 1. The fourth-order valence-corrected chi connectivity index (χ4v) is 2.55. The van der Waals surface area contributed by atoms with E-state index >= 15 is 0 Å². The number of hydrogen-bond donors (Lipinski definition) is 2. The van der Waals surface area contributed by atoms with E-state index in [9.17, 15) is 14.4 Å². The summed E-state index contributed by atoms with van der Waals surface area (Å²) in [6.07, 6.45) is 0.288. The second kappa shape index (κ2) is 9.93. The summed E-state index contributed by atoms with van der Waals surface area (Å²) in [5.74, 6) is 5.28. The van der Waals surface area contributed by atoms with Crippen LogP contribution in [0.3, 0.4) is 0 Å². The van der Waals surface area contributed by atoms with E-state index in [2.05, 4.69) is 41.5 Å². The van der Waals surface area contributed by atoms with Crippen molar-refractivity contribution in [1.29, 1.82) is 0 Å². The molecule has 6 heteroatoms. The molecule has 0 saturated heterocycles. The van der Waals surface area contributed by atoms with Gasteiger partial charge < -0.3 is 15.5 Å². The van der Waals surface area contributed by atoms with Gasteiger partial charge >= 0.3 is 0 Å². The van der Waals surface area contributed by atoms with Crippen molar-refractivity contribution in [2.45, 2.75) is 19.5 Å². The second-order valence-electron chi connectivity index (χ2n) is 6.10. The van der Waals surface area contributed by atoms with Crippen LogP contribution in [0.1, 0.15) is 34.0 Å². The Morgan fingerprint density at radius 1 is 1.04 bits per heavy atom. The highest BCUT2D eigenvalue weighted by molar-refractivity contribution is 5.97. The molecule has 0 aliphatic heterocycles. The van der Waals surface area contributed by atoms with Crippen molar-refractivity contribution in [1.82, 2.24) is 15.5 Å². The summed E-state index contributed by atoms with van der Waals surface area (Å²) in [4.78, 5) is 36.3. The number of aryl methyl sites for hydroxylation is 1. The van der Waals surface area contributed by atoms with Crippen molar-refractivity contribution in [3.05, 3.63) is 70.8 Å². The van der Waals surface area contributed by atoms with E-state index in [-0.39, 0.29) is 0 Å². The summed E-state index contributed by atoms with van der Waals surface area (Å²) in [5, 5.41) is 4.74. The summed E-state index contributed by atoms with van der Waals surface area (Å²) in [7, 11) is 2.88. The number of nitrogens with one attached hydrogen (secondary N) is 2. The molecule has 0 aliphatic carbocycles. The van der Waals surface area contributed by atoms with Gasteiger partial charge in [0.25, 0.3) is 11.8 Å². The Balaban J connectivity index is 2.12. The Bertz CT molecular complexity index is 893. The third-order valence-electron chi connectivity index (χ3n) is 4.27. The standard InChI is InChI=1S/C22H23N3O3/c1-4-16-5-7-17(8-6-16)9-10-18-11-13-19(14-12-18)22(28)25(3)20(24-15-26)21(27)23-2/h5-8,11-15,20H,4H2,1-3H3,(H,23,27)(H,24,26). The largest absolute Gasteiger partial charge is 0.356 e. The average Bonchev–Trinajstić information content (AvgIpc) is 2.75. The highest BCUT2D eigenvalue weighted by Gasteiger charge is 2.26. The molecule has 1 atom stereocenters. The first kappa shape index (κ1) is 20.7. The number of benzene rings is 2. The van der Waals surface area contributed by atoms with Crippen LogP contribution >= 0.6 is 0 Å². The lowest BCUT2D eigenvalue weighted by Crippen LogP contribution is -2.54. The molecule has 0 aliphatic rings. The molecule has 1 unspecified atom stereocenters. The van der Waals surface area contributed by atoms with Crippen LogP contribution in [-0.4, -0.2) is 43.4 Å². The normalized spacial score (nSPS) is 10.8. The molecule has 0 aromatic heterocycles. The molecular formula is C22H23N3O3. The molecule has 0 fully saturated rings. The lowest BCUT2D eigenvalue weighted by atomic mass is 10.1. The van der Waals surface area contributed by atoms with E-state index in [1.54, 1.807) is 24.3 Å². The first-order valence-corrected chi connectivity index (χ1v) is 8.89. The molecule has 28 heavy (non-hydrogen) atoms. The Morgan fingerprint density at radius 3 is 2.04 bits per heavy atom. The molecule has 0 bridgehead atoms. The summed E-state index contributed by atoms with van der Waals surface area (Å²) in [6, 6.07) is 14.9. The molecule has 3 amide bonds. The molecule has 0 saturated carbocycles. The third kappa shape index (κ3) is 5.21. The molecule has 2 aromatic rings. The molecule has 2 rings (SSSR count). The third-order valence-corrected chi connectivity index (χ3v) is 4.27. The van der Waals surface area contributed by atoms with Gasteiger partial charge in [-0.15, -0.1) is 0 Å². The van der Waals surface area contributed by atoms with Crippen LogP contribution in [0.15, 0.2) is 48.5 Å². The fraction of sp³-hybridized carbons (Fsp3) is 0.227. The number of hydrogen-bond acceptors (Lipinski definition) is 3. The van der Waals surface area contributed by atoms with Crippen LogP contribution in [0.4, 0.5) is 0 Å². The highest BCUT2D eigenvalue weighted by atomic mass is 16.2. The van der Waals surface area contributed by atoms with Crippen LogP contribution in [0.2, 0.25) is 0 Å². The fourth-order valence-electron chi connectivity index (χ4n) is 2.55. The van der Waals surface area contributed by atoms with Crippen molar-refractivity contribution in [2.24, 2.45) is 0 Å². The highest BCUT2D eigenvalue weighted by Crippen LogP contribution is 2.09. The summed E-state index contributed by atoms with van der Waals surface area (Å²) < 4.78 is 0. The predicted octanol–water partition coefficient (Wildman–Crippen LogP) is 1.54. The molecule has 2 aromatic carbocycles. The van der Waals surface area contributed by atoms with Crippen molar-refractivity contribution >= 4 is 18.2 Å². The minimum Gasteiger partial charge on any atom is -0.356 e. The van der Waals surface area contributed by atoms with Gasteiger partial charge in [0.05, 0.1) is 0 Å². The Morgan fingerprint density at radius 2 is 1.57 bits per heavy atom. The maximum Gasteiger partial charge on any atom is 0.263 e. The average molecular weight is 377 g/mol. The van der Waals surface area contributed by atoms with Gasteiger partial charge in [-0.05, 0) is 48.4 Å². The molecule has 0 radical (unpaired) electrons. The molecular weight excluding hydrogens is 354 g/mol. The summed E-state index contributed by atoms with van der Waals surface area (Å²) >= 11 is 0. The van der Waals surface area contributed by atoms with Gasteiger partial charge in [-0.3, -0.25) is 14.4 Å². The maximum atomic E-state index is 12.6. The molecule has 2 N–H and O–H groups in total. The van der Waals surface area contributed by atoms with E-state index in [4.69, 9.17) is 0 Å². The Kier molecular flexibility index (Phi) is 7.35. The van der Waals surface area contributed by atoms with Gasteiger partial charge in [-0.25, -0.2) is 0 Å². The quantitative estimate of drug-likeness (QED) is 0.455. The van der Waals surface area contributed by atoms with Gasteiger partial charge in [0.15, 0.2) is 6.17 Å². The molecule has 144 valence electrons. The van der Waals surface area contributed by atoms with Crippen LogP contribution in [0.25, 0.3) is 0 Å². The van der Waals surface area contributed by atoms with Crippen LogP contribution in [-0.2, 0) is 16.0 Å². The minimum atomic E-state index is -1.08. The van der Waals surface area contributed by atoms with Gasteiger partial charge in [-0.2, -0.15) is 0 Å². The Hall–Kier alpha value is -3.59. The van der Waals surface area contributed by atoms with Gasteiger partial charge in [-0.1, -0.05) is 30.9 Å². The van der Waals surface area contributed by atoms with Crippen LogP contribution in [0.5, 0.6) is 0 Å². The van der Waals surface area contributed by atoms with Crippen molar-refractivity contribution in [3.8, 4) is 11.8 Å². The zero-order chi connectivity index (χ0) is 20.5. The lowest BCUT2D eigenvalue weighted by Gasteiger charge is -2.26. The number of rotatable bonds is 6. The first-order chi connectivity index (χ1) is 13.5. The number of carbonyl (C=O) groups excluding carboxylic acids is 3. The number of amides is 3. The van der Waals surface area contributed by atoms with Crippen LogP contribution < -0.4 is 10.6 Å². The van der Waals surface area contributed by atoms with E-state index in [1.807, 2.05) is 12.1 Å². The number of carbonyl (C=O) groups is 3. The van der Waals surface area contributed by atoms with E-state index in [1.165, 1.54) is 24.6 Å². The van der Waals surface area contributed by atoms with E-state index < -0.39 is 18.0 Å². The van der Waals surface area contributed by atoms with Gasteiger partial charge in [0.1, 0.15) is 0 Å². The zero-order valence-corrected chi connectivity index (χ0v) is 16.2. The lowest BCUT2D eigenvalue weighted by molar-refractivity contribution is -0.128. The van der Waals surface area contributed by atoms with Gasteiger partial charge in [0.2, 0.25) is 6.41 Å². The second-order valence-corrected chi connectivity index (χ2v) is 6.10. The summed E-state index contributed by atoms with van der Waals surface area (Å²) in [5.41, 5.74) is 3.34. The van der Waals surface area contributed by atoms with Crippen LogP contribution in [0, 0.1) is 11.8 Å². The Labute approximate surface area is 164 Å². The van der Waals surface area contributed by atoms with Crippen molar-refractivity contribution in [2.75, 3.05) is 14.1 Å². The molecule has 6 nitrogen and oxygen atoms in total. The maximum absolute atomic E-state index is 12.6. The molecule has 0 heterocycles. The topological polar surface area (TPSA) is 78.5 Å². The smallest absolute Gasteiger partial charge is 0.263 e. The van der Waals surface area contributed by atoms with Gasteiger partial charge in [0, 0.05) is 30.8 Å². The minimum absolute atomic E-state index is 0.384. The van der Waals surface area contributed by atoms with Crippen molar-refractivity contribution in [3.63, 3.8) is 0 Å². The zero-order valence-electron chi connectivity index (χ0n) is 16.2. The summed E-state index contributed by atoms with van der Waals surface area (Å²) in [6.45, 7) is 2.10. The number of likely N-dealkylation sites (N-methyl/N-ethyl adjacent to an activating group) is 2. The van der Waals surface area contributed by atoms with Crippen molar-refractivity contribution < 1.29 is 14.4 Å². The first-order valence-electron chi connectivity index (χ1n) is 8.89. The molecule has 0 spiro atoms.